The van der Waals surface area contributed by atoms with Crippen molar-refractivity contribution in [1.29, 1.82) is 0 Å². The summed E-state index contributed by atoms with van der Waals surface area (Å²) in [4.78, 5) is 14.6. The Kier molecular flexibility index (Phi) is 6.62. The molecule has 1 fully saturated rings. The fourth-order valence-corrected chi connectivity index (χ4v) is 3.49. The Bertz CT molecular complexity index is 755. The van der Waals surface area contributed by atoms with Gasteiger partial charge in [-0.1, -0.05) is 36.7 Å². The molecule has 2 aromatic carbocycles. The molecule has 4 nitrogen and oxygen atoms in total. The number of nitrogens with one attached hydrogen (secondary N) is 1. The maximum absolute atomic E-state index is 12.2. The second-order valence-corrected chi connectivity index (χ2v) is 7.73. The molecule has 0 radical (unpaired) electrons. The number of hydrogen-bond acceptors (Lipinski definition) is 3. The molecule has 5 heteroatoms. The summed E-state index contributed by atoms with van der Waals surface area (Å²) in [5.41, 5.74) is 2.34. The topological polar surface area (TPSA) is 41.6 Å². The number of benzene rings is 2. The molecule has 144 valence electrons. The summed E-state index contributed by atoms with van der Waals surface area (Å²) in [6.45, 7) is 6.51. The van der Waals surface area contributed by atoms with Gasteiger partial charge in [-0.05, 0) is 61.6 Å². The molecule has 1 N–H and O–H groups in total. The first-order valence-corrected chi connectivity index (χ1v) is 9.91. The number of carbonyl (C=O) groups excluding carboxylic acids is 1. The van der Waals surface area contributed by atoms with Crippen LogP contribution in [0.1, 0.15) is 38.3 Å². The second kappa shape index (κ2) is 9.14. The maximum Gasteiger partial charge on any atom is 0.258 e. The van der Waals surface area contributed by atoms with E-state index in [0.717, 1.165) is 24.6 Å². The van der Waals surface area contributed by atoms with E-state index in [9.17, 15) is 4.79 Å². The third-order valence-corrected chi connectivity index (χ3v) is 5.32. The summed E-state index contributed by atoms with van der Waals surface area (Å²) >= 11 is 5.92. The van der Waals surface area contributed by atoms with E-state index in [-0.39, 0.29) is 18.6 Å². The van der Waals surface area contributed by atoms with Crippen molar-refractivity contribution in [3.05, 3.63) is 59.1 Å². The molecule has 1 aliphatic heterocycles. The zero-order chi connectivity index (χ0) is 19.2. The lowest BCUT2D eigenvalue weighted by Gasteiger charge is -2.32. The average molecular weight is 387 g/mol. The average Bonchev–Trinajstić information content (AvgIpc) is 2.67. The van der Waals surface area contributed by atoms with Gasteiger partial charge in [-0.2, -0.15) is 0 Å². The van der Waals surface area contributed by atoms with Gasteiger partial charge in [-0.15, -0.1) is 0 Å². The number of halogens is 1. The van der Waals surface area contributed by atoms with Crippen molar-refractivity contribution in [3.8, 4) is 5.75 Å². The Morgan fingerprint density at radius 2 is 1.93 bits per heavy atom. The van der Waals surface area contributed by atoms with Crippen LogP contribution >= 0.6 is 11.6 Å². The maximum atomic E-state index is 12.2. The van der Waals surface area contributed by atoms with Crippen LogP contribution in [0, 0.1) is 5.92 Å². The third kappa shape index (κ3) is 5.64. The van der Waals surface area contributed by atoms with E-state index in [1.807, 2.05) is 6.92 Å². The molecule has 0 saturated carbocycles. The Labute approximate surface area is 166 Å². The van der Waals surface area contributed by atoms with Gasteiger partial charge >= 0.3 is 0 Å². The molecule has 3 rings (SSSR count). The highest BCUT2D eigenvalue weighted by molar-refractivity contribution is 6.30. The van der Waals surface area contributed by atoms with Crippen molar-refractivity contribution < 1.29 is 9.53 Å². The predicted molar refractivity (Wildman–Crippen MR) is 111 cm³/mol. The van der Waals surface area contributed by atoms with Gasteiger partial charge in [0.2, 0.25) is 0 Å². The quantitative estimate of drug-likeness (QED) is 0.772. The molecule has 1 amide bonds. The number of rotatable bonds is 6. The zero-order valence-corrected chi connectivity index (χ0v) is 16.7. The van der Waals surface area contributed by atoms with Crippen molar-refractivity contribution >= 4 is 23.2 Å². The van der Waals surface area contributed by atoms with Crippen LogP contribution in [0.4, 0.5) is 5.69 Å². The standard InChI is InChI=1S/C22H27ClN2O2/c1-16-10-12-25(13-11-16)20-8-6-18(7-9-20)17(2)24-22(26)15-27-21-5-3-4-19(23)14-21/h3-9,14,16-17H,10-13,15H2,1-2H3,(H,24,26)/t17-/m1/s1. The third-order valence-electron chi connectivity index (χ3n) is 5.09. The minimum Gasteiger partial charge on any atom is -0.484 e. The van der Waals surface area contributed by atoms with Crippen LogP contribution in [0.3, 0.4) is 0 Å². The van der Waals surface area contributed by atoms with Crippen LogP contribution in [-0.4, -0.2) is 25.6 Å². The van der Waals surface area contributed by atoms with E-state index in [2.05, 4.69) is 41.4 Å². The molecule has 0 spiro atoms. The molecule has 0 unspecified atom stereocenters. The van der Waals surface area contributed by atoms with E-state index in [4.69, 9.17) is 16.3 Å². The second-order valence-electron chi connectivity index (χ2n) is 7.30. The van der Waals surface area contributed by atoms with E-state index < -0.39 is 0 Å². The molecule has 27 heavy (non-hydrogen) atoms. The van der Waals surface area contributed by atoms with Crippen LogP contribution in [0.2, 0.25) is 5.02 Å². The first kappa shape index (κ1) is 19.6. The Balaban J connectivity index is 1.50. The lowest BCUT2D eigenvalue weighted by molar-refractivity contribution is -0.123. The van der Waals surface area contributed by atoms with Crippen LogP contribution in [-0.2, 0) is 4.79 Å². The minimum atomic E-state index is -0.156. The minimum absolute atomic E-state index is 0.0330. The van der Waals surface area contributed by atoms with Crippen molar-refractivity contribution in [2.24, 2.45) is 5.92 Å². The number of piperidine rings is 1. The highest BCUT2D eigenvalue weighted by atomic mass is 35.5. The molecule has 1 aliphatic rings. The van der Waals surface area contributed by atoms with Crippen molar-refractivity contribution in [2.75, 3.05) is 24.6 Å². The lowest BCUT2D eigenvalue weighted by atomic mass is 9.98. The van der Waals surface area contributed by atoms with Gasteiger partial charge in [0, 0.05) is 23.8 Å². The predicted octanol–water partition coefficient (Wildman–Crippen LogP) is 4.83. The van der Waals surface area contributed by atoms with E-state index in [1.54, 1.807) is 24.3 Å². The lowest BCUT2D eigenvalue weighted by Crippen LogP contribution is -2.33. The molecule has 0 aliphatic carbocycles. The van der Waals surface area contributed by atoms with E-state index in [1.165, 1.54) is 18.5 Å². The zero-order valence-electron chi connectivity index (χ0n) is 16.0. The van der Waals surface area contributed by atoms with Crippen LogP contribution in [0.15, 0.2) is 48.5 Å². The monoisotopic (exact) mass is 386 g/mol. The molecule has 0 bridgehead atoms. The molecular formula is C22H27ClN2O2. The van der Waals surface area contributed by atoms with Crippen LogP contribution < -0.4 is 15.0 Å². The number of nitrogens with zero attached hydrogens (tertiary/aromatic N) is 1. The SMILES string of the molecule is CC1CCN(c2ccc([C@@H](C)NC(=O)COc3cccc(Cl)c3)cc2)CC1. The molecule has 1 saturated heterocycles. The summed E-state index contributed by atoms with van der Waals surface area (Å²) in [6.07, 6.45) is 2.50. The van der Waals surface area contributed by atoms with Crippen LogP contribution in [0.25, 0.3) is 0 Å². The Morgan fingerprint density at radius 3 is 2.59 bits per heavy atom. The normalized spacial score (nSPS) is 16.0. The van der Waals surface area contributed by atoms with E-state index >= 15 is 0 Å². The number of ether oxygens (including phenoxy) is 1. The van der Waals surface area contributed by atoms with Gasteiger partial charge in [-0.25, -0.2) is 0 Å². The number of hydrogen-bond donors (Lipinski definition) is 1. The van der Waals surface area contributed by atoms with Gasteiger partial charge < -0.3 is 15.0 Å². The van der Waals surface area contributed by atoms with Gasteiger partial charge in [0.25, 0.3) is 5.91 Å². The van der Waals surface area contributed by atoms with Gasteiger partial charge in [0.15, 0.2) is 6.61 Å². The highest BCUT2D eigenvalue weighted by Gasteiger charge is 2.16. The van der Waals surface area contributed by atoms with Crippen molar-refractivity contribution in [1.82, 2.24) is 5.32 Å². The Hall–Kier alpha value is -2.20. The van der Waals surface area contributed by atoms with Gasteiger partial charge in [0.05, 0.1) is 6.04 Å². The van der Waals surface area contributed by atoms with Gasteiger partial charge in [0.1, 0.15) is 5.75 Å². The highest BCUT2D eigenvalue weighted by Crippen LogP contribution is 2.24. The molecule has 1 heterocycles. The first-order chi connectivity index (χ1) is 13.0. The fraction of sp³-hybridized carbons (Fsp3) is 0.409. The van der Waals surface area contributed by atoms with Crippen molar-refractivity contribution in [3.63, 3.8) is 0 Å². The molecule has 0 aromatic heterocycles. The van der Waals surface area contributed by atoms with Crippen molar-refractivity contribution in [2.45, 2.75) is 32.7 Å². The smallest absolute Gasteiger partial charge is 0.258 e. The van der Waals surface area contributed by atoms with E-state index in [0.29, 0.717) is 10.8 Å². The fourth-order valence-electron chi connectivity index (χ4n) is 3.31. The first-order valence-electron chi connectivity index (χ1n) is 9.54. The Morgan fingerprint density at radius 1 is 1.22 bits per heavy atom. The molecular weight excluding hydrogens is 360 g/mol. The largest absolute Gasteiger partial charge is 0.484 e. The number of amides is 1. The summed E-state index contributed by atoms with van der Waals surface area (Å²) < 4.78 is 5.49. The number of carbonyl (C=O) groups is 1. The van der Waals surface area contributed by atoms with Gasteiger partial charge in [-0.3, -0.25) is 4.79 Å². The van der Waals surface area contributed by atoms with Crippen LogP contribution in [0.5, 0.6) is 5.75 Å². The summed E-state index contributed by atoms with van der Waals surface area (Å²) in [6, 6.07) is 15.4. The summed E-state index contributed by atoms with van der Waals surface area (Å²) in [5, 5.41) is 3.56. The molecule has 1 atom stereocenters. The molecule has 2 aromatic rings. The number of anilines is 1. The summed E-state index contributed by atoms with van der Waals surface area (Å²) in [5.74, 6) is 1.26. The summed E-state index contributed by atoms with van der Waals surface area (Å²) in [7, 11) is 0.